The molecule has 0 aromatic heterocycles. The maximum Gasteiger partial charge on any atom is 0.0677 e. The van der Waals surface area contributed by atoms with Gasteiger partial charge < -0.3 is 10.1 Å². The molecule has 106 valence electrons. The molecule has 2 unspecified atom stereocenters. The summed E-state index contributed by atoms with van der Waals surface area (Å²) in [7, 11) is 2.06. The third-order valence-electron chi connectivity index (χ3n) is 4.30. The normalized spacial score (nSPS) is 26.3. The summed E-state index contributed by atoms with van der Waals surface area (Å²) >= 11 is 0. The van der Waals surface area contributed by atoms with Crippen LogP contribution in [0, 0.1) is 5.92 Å². The van der Waals surface area contributed by atoms with Crippen molar-refractivity contribution in [2.45, 2.75) is 57.8 Å². The molecule has 1 fully saturated rings. The number of likely N-dealkylation sites (N-methyl/N-ethyl adjacent to an activating group) is 1. The first-order chi connectivity index (χ1) is 8.84. The first kappa shape index (κ1) is 14.5. The fraction of sp³-hybridized carbons (Fsp3) is 0.647. The van der Waals surface area contributed by atoms with Crippen LogP contribution in [0.15, 0.2) is 30.3 Å². The highest BCUT2D eigenvalue weighted by molar-refractivity contribution is 5.17. The van der Waals surface area contributed by atoms with E-state index in [0.29, 0.717) is 12.0 Å². The van der Waals surface area contributed by atoms with Crippen molar-refractivity contribution in [2.24, 2.45) is 5.92 Å². The van der Waals surface area contributed by atoms with E-state index >= 15 is 0 Å². The zero-order chi connectivity index (χ0) is 14.1. The van der Waals surface area contributed by atoms with Gasteiger partial charge in [0.25, 0.3) is 0 Å². The third kappa shape index (κ3) is 3.37. The average molecular weight is 261 g/mol. The van der Waals surface area contributed by atoms with Gasteiger partial charge >= 0.3 is 0 Å². The Bertz CT molecular complexity index is 411. The fourth-order valence-corrected chi connectivity index (χ4v) is 3.55. The average Bonchev–Trinajstić information content (AvgIpc) is 2.55. The van der Waals surface area contributed by atoms with Gasteiger partial charge in [0.05, 0.1) is 11.2 Å². The Morgan fingerprint density at radius 3 is 2.32 bits per heavy atom. The number of hydrogen-bond donors (Lipinski definition) is 1. The van der Waals surface area contributed by atoms with Gasteiger partial charge in [-0.1, -0.05) is 30.3 Å². The SMILES string of the molecule is CNC(Cc1ccccc1)C1CC(C)(C)OC1(C)C. The van der Waals surface area contributed by atoms with Gasteiger partial charge in [0.15, 0.2) is 0 Å². The minimum Gasteiger partial charge on any atom is -0.369 e. The zero-order valence-electron chi connectivity index (χ0n) is 12.9. The van der Waals surface area contributed by atoms with Crippen molar-refractivity contribution < 1.29 is 4.74 Å². The Morgan fingerprint density at radius 1 is 1.21 bits per heavy atom. The molecule has 0 amide bonds. The molecule has 1 aromatic rings. The second kappa shape index (κ2) is 5.26. The summed E-state index contributed by atoms with van der Waals surface area (Å²) in [5.74, 6) is 0.535. The van der Waals surface area contributed by atoms with E-state index in [9.17, 15) is 0 Å². The van der Waals surface area contributed by atoms with Gasteiger partial charge in [0.2, 0.25) is 0 Å². The molecule has 1 aliphatic rings. The Hall–Kier alpha value is -0.860. The van der Waals surface area contributed by atoms with E-state index < -0.39 is 0 Å². The van der Waals surface area contributed by atoms with Crippen LogP contribution in [0.25, 0.3) is 0 Å². The summed E-state index contributed by atoms with van der Waals surface area (Å²) in [6, 6.07) is 11.2. The van der Waals surface area contributed by atoms with Crippen molar-refractivity contribution in [3.63, 3.8) is 0 Å². The van der Waals surface area contributed by atoms with Crippen molar-refractivity contribution >= 4 is 0 Å². The van der Waals surface area contributed by atoms with Crippen LogP contribution in [0.5, 0.6) is 0 Å². The van der Waals surface area contributed by atoms with E-state index in [2.05, 4.69) is 70.4 Å². The molecule has 2 atom stereocenters. The second-order valence-electron chi connectivity index (χ2n) is 6.86. The van der Waals surface area contributed by atoms with Crippen LogP contribution in [0.4, 0.5) is 0 Å². The van der Waals surface area contributed by atoms with E-state index in [0.717, 1.165) is 12.8 Å². The molecule has 2 heteroatoms. The van der Waals surface area contributed by atoms with E-state index in [4.69, 9.17) is 4.74 Å². The van der Waals surface area contributed by atoms with Gasteiger partial charge in [-0.2, -0.15) is 0 Å². The molecule has 1 N–H and O–H groups in total. The molecule has 0 spiro atoms. The molecule has 1 saturated heterocycles. The van der Waals surface area contributed by atoms with E-state index in [-0.39, 0.29) is 11.2 Å². The first-order valence-corrected chi connectivity index (χ1v) is 7.25. The maximum absolute atomic E-state index is 6.23. The van der Waals surface area contributed by atoms with Gasteiger partial charge in [-0.05, 0) is 53.1 Å². The molecule has 19 heavy (non-hydrogen) atoms. The summed E-state index contributed by atoms with van der Waals surface area (Å²) in [4.78, 5) is 0. The van der Waals surface area contributed by atoms with Crippen LogP contribution in [0.1, 0.15) is 39.7 Å². The van der Waals surface area contributed by atoms with Gasteiger partial charge in [-0.3, -0.25) is 0 Å². The number of rotatable bonds is 4. The van der Waals surface area contributed by atoms with Gasteiger partial charge in [0, 0.05) is 12.0 Å². The quantitative estimate of drug-likeness (QED) is 0.897. The molecule has 0 aliphatic carbocycles. The topological polar surface area (TPSA) is 21.3 Å². The molecule has 1 aromatic carbocycles. The van der Waals surface area contributed by atoms with Crippen LogP contribution in [-0.4, -0.2) is 24.3 Å². The van der Waals surface area contributed by atoms with Gasteiger partial charge in [-0.25, -0.2) is 0 Å². The molecular formula is C17H27NO. The number of nitrogens with one attached hydrogen (secondary N) is 1. The van der Waals surface area contributed by atoms with Gasteiger partial charge in [-0.15, -0.1) is 0 Å². The molecule has 0 saturated carbocycles. The first-order valence-electron chi connectivity index (χ1n) is 7.25. The highest BCUT2D eigenvalue weighted by Crippen LogP contribution is 2.44. The largest absolute Gasteiger partial charge is 0.369 e. The highest BCUT2D eigenvalue weighted by atomic mass is 16.5. The lowest BCUT2D eigenvalue weighted by Gasteiger charge is -2.33. The van der Waals surface area contributed by atoms with Crippen molar-refractivity contribution in [1.82, 2.24) is 5.32 Å². The Labute approximate surface area is 117 Å². The van der Waals surface area contributed by atoms with Crippen molar-refractivity contribution in [2.75, 3.05) is 7.05 Å². The predicted molar refractivity (Wildman–Crippen MR) is 80.3 cm³/mol. The molecule has 0 radical (unpaired) electrons. The van der Waals surface area contributed by atoms with Crippen LogP contribution < -0.4 is 5.32 Å². The van der Waals surface area contributed by atoms with E-state index in [1.807, 2.05) is 0 Å². The lowest BCUT2D eigenvalue weighted by molar-refractivity contribution is -0.0774. The monoisotopic (exact) mass is 261 g/mol. The molecular weight excluding hydrogens is 234 g/mol. The van der Waals surface area contributed by atoms with Crippen LogP contribution in [0.2, 0.25) is 0 Å². The standard InChI is InChI=1S/C17H27NO/c1-16(2)12-14(17(3,4)19-16)15(18-5)11-13-9-7-6-8-10-13/h6-10,14-15,18H,11-12H2,1-5H3. The van der Waals surface area contributed by atoms with E-state index in [1.54, 1.807) is 0 Å². The Morgan fingerprint density at radius 2 is 1.84 bits per heavy atom. The summed E-state index contributed by atoms with van der Waals surface area (Å²) < 4.78 is 6.23. The lowest BCUT2D eigenvalue weighted by atomic mass is 9.79. The highest BCUT2D eigenvalue weighted by Gasteiger charge is 2.48. The van der Waals surface area contributed by atoms with Gasteiger partial charge in [0.1, 0.15) is 0 Å². The Kier molecular flexibility index (Phi) is 4.03. The molecule has 1 heterocycles. The zero-order valence-corrected chi connectivity index (χ0v) is 12.9. The lowest BCUT2D eigenvalue weighted by Crippen LogP contribution is -2.44. The van der Waals surface area contributed by atoms with Crippen LogP contribution >= 0.6 is 0 Å². The summed E-state index contributed by atoms with van der Waals surface area (Å²) in [5, 5.41) is 3.51. The summed E-state index contributed by atoms with van der Waals surface area (Å²) in [6.45, 7) is 8.84. The minimum atomic E-state index is -0.0635. The maximum atomic E-state index is 6.23. The van der Waals surface area contributed by atoms with Crippen molar-refractivity contribution in [3.8, 4) is 0 Å². The number of benzene rings is 1. The molecule has 2 nitrogen and oxygen atoms in total. The summed E-state index contributed by atoms with van der Waals surface area (Å²) in [6.07, 6.45) is 2.17. The van der Waals surface area contributed by atoms with Crippen LogP contribution in [0.3, 0.4) is 0 Å². The third-order valence-corrected chi connectivity index (χ3v) is 4.30. The molecule has 0 bridgehead atoms. The van der Waals surface area contributed by atoms with Crippen molar-refractivity contribution in [3.05, 3.63) is 35.9 Å². The number of ether oxygens (including phenoxy) is 1. The number of hydrogen-bond acceptors (Lipinski definition) is 2. The minimum absolute atomic E-state index is 0.0139. The Balaban J connectivity index is 2.14. The van der Waals surface area contributed by atoms with Crippen LogP contribution in [-0.2, 0) is 11.2 Å². The van der Waals surface area contributed by atoms with Crippen molar-refractivity contribution in [1.29, 1.82) is 0 Å². The smallest absolute Gasteiger partial charge is 0.0677 e. The fourth-order valence-electron chi connectivity index (χ4n) is 3.55. The van der Waals surface area contributed by atoms with E-state index in [1.165, 1.54) is 5.56 Å². The molecule has 2 rings (SSSR count). The summed E-state index contributed by atoms with van der Waals surface area (Å²) in [5.41, 5.74) is 1.31. The molecule has 1 aliphatic heterocycles. The predicted octanol–water partition coefficient (Wildman–Crippen LogP) is 3.41. The second-order valence-corrected chi connectivity index (χ2v) is 6.86.